The number of ether oxygens (including phenoxy) is 1. The third-order valence-electron chi connectivity index (χ3n) is 3.03. The molecular formula is C18H15ClFNO3. The van der Waals surface area contributed by atoms with Gasteiger partial charge in [0.2, 0.25) is 0 Å². The third kappa shape index (κ3) is 5.52. The van der Waals surface area contributed by atoms with Gasteiger partial charge >= 0.3 is 5.97 Å². The van der Waals surface area contributed by atoms with Gasteiger partial charge in [0.15, 0.2) is 6.10 Å². The van der Waals surface area contributed by atoms with Crippen LogP contribution in [0.4, 0.5) is 10.1 Å². The van der Waals surface area contributed by atoms with Crippen LogP contribution in [0.25, 0.3) is 6.08 Å². The quantitative estimate of drug-likeness (QED) is 0.655. The van der Waals surface area contributed by atoms with Crippen molar-refractivity contribution in [1.29, 1.82) is 0 Å². The Balaban J connectivity index is 1.88. The van der Waals surface area contributed by atoms with Crippen LogP contribution in [0.2, 0.25) is 5.02 Å². The Morgan fingerprint density at radius 2 is 1.92 bits per heavy atom. The van der Waals surface area contributed by atoms with Crippen LogP contribution >= 0.6 is 11.6 Å². The number of nitrogens with one attached hydrogen (secondary N) is 1. The molecule has 0 aromatic heterocycles. The van der Waals surface area contributed by atoms with Gasteiger partial charge in [-0.05, 0) is 55.0 Å². The highest BCUT2D eigenvalue weighted by atomic mass is 35.5. The van der Waals surface area contributed by atoms with Crippen molar-refractivity contribution in [1.82, 2.24) is 0 Å². The zero-order chi connectivity index (χ0) is 17.5. The summed E-state index contributed by atoms with van der Waals surface area (Å²) in [4.78, 5) is 23.7. The Hall–Kier alpha value is -2.66. The average molecular weight is 348 g/mol. The van der Waals surface area contributed by atoms with E-state index >= 15 is 0 Å². The highest BCUT2D eigenvalue weighted by Crippen LogP contribution is 2.12. The molecule has 24 heavy (non-hydrogen) atoms. The minimum Gasteiger partial charge on any atom is -0.449 e. The topological polar surface area (TPSA) is 55.4 Å². The lowest BCUT2D eigenvalue weighted by molar-refractivity contribution is -0.148. The van der Waals surface area contributed by atoms with Gasteiger partial charge in [0.05, 0.1) is 0 Å². The molecule has 124 valence electrons. The van der Waals surface area contributed by atoms with Crippen molar-refractivity contribution in [3.05, 3.63) is 71.0 Å². The molecule has 4 nitrogen and oxygen atoms in total. The smallest absolute Gasteiger partial charge is 0.331 e. The maximum Gasteiger partial charge on any atom is 0.331 e. The number of amides is 1. The number of carbonyl (C=O) groups is 2. The second-order valence-electron chi connectivity index (χ2n) is 4.96. The first kappa shape index (κ1) is 17.7. The molecule has 1 atom stereocenters. The Bertz CT molecular complexity index is 759. The van der Waals surface area contributed by atoms with E-state index in [2.05, 4.69) is 5.32 Å². The average Bonchev–Trinajstić information content (AvgIpc) is 2.55. The van der Waals surface area contributed by atoms with Gasteiger partial charge in [-0.2, -0.15) is 0 Å². The molecule has 1 amide bonds. The van der Waals surface area contributed by atoms with E-state index in [9.17, 15) is 14.0 Å². The van der Waals surface area contributed by atoms with Crippen LogP contribution in [-0.2, 0) is 14.3 Å². The number of hydrogen-bond donors (Lipinski definition) is 1. The van der Waals surface area contributed by atoms with Crippen LogP contribution < -0.4 is 5.32 Å². The van der Waals surface area contributed by atoms with Gasteiger partial charge in [-0.3, -0.25) is 4.79 Å². The third-order valence-corrected chi connectivity index (χ3v) is 3.27. The summed E-state index contributed by atoms with van der Waals surface area (Å²) in [5.41, 5.74) is 1.15. The van der Waals surface area contributed by atoms with Gasteiger partial charge in [-0.1, -0.05) is 23.7 Å². The van der Waals surface area contributed by atoms with E-state index in [-0.39, 0.29) is 0 Å². The summed E-state index contributed by atoms with van der Waals surface area (Å²) in [7, 11) is 0. The molecule has 6 heteroatoms. The maximum atomic E-state index is 12.8. The molecule has 0 unspecified atom stereocenters. The molecule has 0 aliphatic rings. The fraction of sp³-hybridized carbons (Fsp3) is 0.111. The second kappa shape index (κ2) is 8.26. The van der Waals surface area contributed by atoms with Crippen molar-refractivity contribution < 1.29 is 18.7 Å². The lowest BCUT2D eigenvalue weighted by Gasteiger charge is -2.12. The van der Waals surface area contributed by atoms with Gasteiger partial charge in [-0.25, -0.2) is 9.18 Å². The van der Waals surface area contributed by atoms with E-state index in [0.29, 0.717) is 10.7 Å². The van der Waals surface area contributed by atoms with Gasteiger partial charge in [0.1, 0.15) is 5.82 Å². The van der Waals surface area contributed by atoms with Crippen LogP contribution in [0.1, 0.15) is 12.5 Å². The minimum absolute atomic E-state index is 0.404. The molecule has 0 aliphatic heterocycles. The van der Waals surface area contributed by atoms with Crippen LogP contribution in [0.15, 0.2) is 54.6 Å². The Morgan fingerprint density at radius 1 is 1.21 bits per heavy atom. The van der Waals surface area contributed by atoms with E-state index in [1.807, 2.05) is 0 Å². The zero-order valence-corrected chi connectivity index (χ0v) is 13.6. The number of hydrogen-bond acceptors (Lipinski definition) is 3. The van der Waals surface area contributed by atoms with Crippen LogP contribution in [0.5, 0.6) is 0 Å². The molecule has 0 radical (unpaired) electrons. The largest absolute Gasteiger partial charge is 0.449 e. The van der Waals surface area contributed by atoms with E-state index < -0.39 is 23.8 Å². The van der Waals surface area contributed by atoms with Crippen molar-refractivity contribution >= 4 is 35.2 Å². The lowest BCUT2D eigenvalue weighted by atomic mass is 10.2. The normalized spacial score (nSPS) is 12.0. The van der Waals surface area contributed by atoms with E-state index in [0.717, 1.165) is 5.56 Å². The summed E-state index contributed by atoms with van der Waals surface area (Å²) in [5, 5.41) is 3.08. The molecule has 1 N–H and O–H groups in total. The fourth-order valence-corrected chi connectivity index (χ4v) is 2.02. The second-order valence-corrected chi connectivity index (χ2v) is 5.40. The number of rotatable bonds is 5. The van der Waals surface area contributed by atoms with Crippen molar-refractivity contribution in [3.63, 3.8) is 0 Å². The minimum atomic E-state index is -0.994. The number of esters is 1. The molecule has 0 fully saturated rings. The van der Waals surface area contributed by atoms with E-state index in [4.69, 9.17) is 16.3 Å². The van der Waals surface area contributed by atoms with E-state index in [1.165, 1.54) is 37.3 Å². The summed E-state index contributed by atoms with van der Waals surface area (Å²) in [6.07, 6.45) is 1.76. The number of anilines is 1. The Kier molecular flexibility index (Phi) is 6.09. The molecule has 0 saturated heterocycles. The van der Waals surface area contributed by atoms with Crippen molar-refractivity contribution in [3.8, 4) is 0 Å². The SMILES string of the molecule is C[C@H](OC(=O)/C=C/c1cccc(Cl)c1)C(=O)Nc1ccc(F)cc1. The summed E-state index contributed by atoms with van der Waals surface area (Å²) in [5.74, 6) is -1.57. The Labute approximate surface area is 143 Å². The zero-order valence-electron chi connectivity index (χ0n) is 12.8. The van der Waals surface area contributed by atoms with Gasteiger partial charge in [-0.15, -0.1) is 0 Å². The molecule has 0 spiro atoms. The molecule has 0 saturated carbocycles. The monoisotopic (exact) mass is 347 g/mol. The predicted octanol–water partition coefficient (Wildman–Crippen LogP) is 4.06. The fourth-order valence-electron chi connectivity index (χ4n) is 1.82. The van der Waals surface area contributed by atoms with Crippen LogP contribution in [0.3, 0.4) is 0 Å². The van der Waals surface area contributed by atoms with Crippen molar-refractivity contribution in [2.75, 3.05) is 5.32 Å². The maximum absolute atomic E-state index is 12.8. The molecular weight excluding hydrogens is 333 g/mol. The number of benzene rings is 2. The Morgan fingerprint density at radius 3 is 2.58 bits per heavy atom. The van der Waals surface area contributed by atoms with Crippen LogP contribution in [-0.4, -0.2) is 18.0 Å². The molecule has 0 aliphatic carbocycles. The summed E-state index contributed by atoms with van der Waals surface area (Å²) >= 11 is 5.85. The molecule has 2 rings (SSSR count). The molecule has 2 aromatic rings. The summed E-state index contributed by atoms with van der Waals surface area (Å²) in [6.45, 7) is 1.45. The summed E-state index contributed by atoms with van der Waals surface area (Å²) < 4.78 is 17.8. The highest BCUT2D eigenvalue weighted by molar-refractivity contribution is 6.30. The molecule has 2 aromatic carbocycles. The van der Waals surface area contributed by atoms with Crippen molar-refractivity contribution in [2.24, 2.45) is 0 Å². The van der Waals surface area contributed by atoms with Gasteiger partial charge < -0.3 is 10.1 Å². The lowest BCUT2D eigenvalue weighted by Crippen LogP contribution is -2.29. The molecule has 0 bridgehead atoms. The summed E-state index contributed by atoms with van der Waals surface area (Å²) in [6, 6.07) is 12.2. The van der Waals surface area contributed by atoms with Crippen LogP contribution in [0, 0.1) is 5.82 Å². The standard InChI is InChI=1S/C18H15ClFNO3/c1-12(18(23)21-16-8-6-15(20)7-9-16)24-17(22)10-5-13-3-2-4-14(19)11-13/h2-12H,1H3,(H,21,23)/b10-5+/t12-/m0/s1. The first-order valence-corrected chi connectivity index (χ1v) is 7.52. The highest BCUT2D eigenvalue weighted by Gasteiger charge is 2.16. The number of carbonyl (C=O) groups excluding carboxylic acids is 2. The number of halogens is 2. The van der Waals surface area contributed by atoms with Gasteiger partial charge in [0.25, 0.3) is 5.91 Å². The molecule has 0 heterocycles. The van der Waals surface area contributed by atoms with E-state index in [1.54, 1.807) is 30.3 Å². The van der Waals surface area contributed by atoms with Crippen molar-refractivity contribution in [2.45, 2.75) is 13.0 Å². The van der Waals surface area contributed by atoms with Gasteiger partial charge in [0, 0.05) is 16.8 Å². The first-order chi connectivity index (χ1) is 11.4. The first-order valence-electron chi connectivity index (χ1n) is 7.15. The predicted molar refractivity (Wildman–Crippen MR) is 91.1 cm³/mol.